The average Bonchev–Trinajstić information content (AvgIpc) is 2.16. The Morgan fingerprint density at radius 3 is 2.00 bits per heavy atom. The van der Waals surface area contributed by atoms with Crippen molar-refractivity contribution < 1.29 is 18.0 Å². The first-order valence-corrected chi connectivity index (χ1v) is 5.56. The molecule has 0 heterocycles. The molecular formula is C11H18F3NO. The maximum Gasteiger partial charge on any atom is 0.413 e. The molecule has 94 valence electrons. The molecule has 2 N–H and O–H groups in total. The summed E-state index contributed by atoms with van der Waals surface area (Å²) in [6, 6.07) is 0. The Morgan fingerprint density at radius 2 is 1.62 bits per heavy atom. The van der Waals surface area contributed by atoms with E-state index < -0.39 is 23.4 Å². The summed E-state index contributed by atoms with van der Waals surface area (Å²) in [5.41, 5.74) is 2.43. The van der Waals surface area contributed by atoms with Crippen LogP contribution < -0.4 is 5.73 Å². The van der Waals surface area contributed by atoms with Crippen molar-refractivity contribution in [2.45, 2.75) is 51.2 Å². The van der Waals surface area contributed by atoms with Crippen LogP contribution in [0.25, 0.3) is 0 Å². The number of Topliss-reactive ketones (excluding diaryl/α,β-unsaturated/α-hetero) is 1. The quantitative estimate of drug-likeness (QED) is 0.802. The van der Waals surface area contributed by atoms with Gasteiger partial charge >= 0.3 is 6.18 Å². The zero-order chi connectivity index (χ0) is 12.6. The van der Waals surface area contributed by atoms with E-state index in [1.54, 1.807) is 0 Å². The summed E-state index contributed by atoms with van der Waals surface area (Å²) in [4.78, 5) is 11.7. The van der Waals surface area contributed by atoms with Gasteiger partial charge in [0.05, 0.1) is 0 Å². The predicted molar refractivity (Wildman–Crippen MR) is 54.8 cm³/mol. The summed E-state index contributed by atoms with van der Waals surface area (Å²) in [7, 11) is 0. The van der Waals surface area contributed by atoms with E-state index in [-0.39, 0.29) is 0 Å². The fourth-order valence-corrected chi connectivity index (χ4v) is 2.09. The molecule has 1 saturated carbocycles. The van der Waals surface area contributed by atoms with Gasteiger partial charge < -0.3 is 5.73 Å². The minimum Gasteiger partial charge on any atom is -0.312 e. The van der Waals surface area contributed by atoms with E-state index in [0.717, 1.165) is 19.8 Å². The van der Waals surface area contributed by atoms with Crippen molar-refractivity contribution in [2.75, 3.05) is 0 Å². The van der Waals surface area contributed by atoms with Crippen molar-refractivity contribution in [1.29, 1.82) is 0 Å². The Balaban J connectivity index is 2.71. The average molecular weight is 237 g/mol. The topological polar surface area (TPSA) is 43.1 Å². The molecule has 0 saturated heterocycles. The normalized spacial score (nSPS) is 30.9. The van der Waals surface area contributed by atoms with Crippen molar-refractivity contribution in [3.63, 3.8) is 0 Å². The summed E-state index contributed by atoms with van der Waals surface area (Å²) in [5.74, 6) is -0.876. The number of alkyl halides is 3. The highest BCUT2D eigenvalue weighted by Gasteiger charge is 2.55. The van der Waals surface area contributed by atoms with Crippen molar-refractivity contribution in [3.8, 4) is 0 Å². The summed E-state index contributed by atoms with van der Waals surface area (Å²) >= 11 is 0. The molecule has 0 bridgehead atoms. The SMILES string of the molecule is CC1CCC(C(=O)C(C)(N)C(F)(F)F)CC1. The maximum absolute atomic E-state index is 12.6. The van der Waals surface area contributed by atoms with Gasteiger partial charge in [-0.15, -0.1) is 0 Å². The first kappa shape index (κ1) is 13.5. The third-order valence-corrected chi connectivity index (χ3v) is 3.49. The van der Waals surface area contributed by atoms with Crippen LogP contribution >= 0.6 is 0 Å². The first-order chi connectivity index (χ1) is 7.16. The first-order valence-electron chi connectivity index (χ1n) is 5.56. The molecule has 1 rings (SSSR count). The van der Waals surface area contributed by atoms with E-state index in [2.05, 4.69) is 0 Å². The van der Waals surface area contributed by atoms with E-state index >= 15 is 0 Å². The lowest BCUT2D eigenvalue weighted by Gasteiger charge is -2.33. The van der Waals surface area contributed by atoms with Crippen molar-refractivity contribution >= 4 is 5.78 Å². The second-order valence-electron chi connectivity index (χ2n) is 5.02. The van der Waals surface area contributed by atoms with Crippen LogP contribution in [0.5, 0.6) is 0 Å². The van der Waals surface area contributed by atoms with E-state index in [0.29, 0.717) is 18.8 Å². The van der Waals surface area contributed by atoms with Crippen LogP contribution in [0.4, 0.5) is 13.2 Å². The molecule has 0 aliphatic heterocycles. The highest BCUT2D eigenvalue weighted by atomic mass is 19.4. The summed E-state index contributed by atoms with van der Waals surface area (Å²) in [6.45, 7) is 2.82. The number of rotatable bonds is 2. The van der Waals surface area contributed by atoms with Gasteiger partial charge in [-0.3, -0.25) is 4.79 Å². The third-order valence-electron chi connectivity index (χ3n) is 3.49. The largest absolute Gasteiger partial charge is 0.413 e. The van der Waals surface area contributed by atoms with Crippen LogP contribution in [0.1, 0.15) is 39.5 Å². The van der Waals surface area contributed by atoms with Crippen molar-refractivity contribution in [3.05, 3.63) is 0 Å². The van der Waals surface area contributed by atoms with Gasteiger partial charge in [0.1, 0.15) is 0 Å². The number of halogens is 3. The lowest BCUT2D eigenvalue weighted by molar-refractivity contribution is -0.189. The molecule has 0 aromatic carbocycles. The molecule has 1 aliphatic rings. The van der Waals surface area contributed by atoms with E-state index in [1.807, 2.05) is 6.92 Å². The molecule has 2 nitrogen and oxygen atoms in total. The Morgan fingerprint density at radius 1 is 1.19 bits per heavy atom. The smallest absolute Gasteiger partial charge is 0.312 e. The van der Waals surface area contributed by atoms with Gasteiger partial charge in [0, 0.05) is 5.92 Å². The van der Waals surface area contributed by atoms with E-state index in [9.17, 15) is 18.0 Å². The Labute approximate surface area is 93.4 Å². The van der Waals surface area contributed by atoms with Crippen LogP contribution in [-0.2, 0) is 4.79 Å². The number of hydrogen-bond donors (Lipinski definition) is 1. The molecule has 0 aromatic rings. The van der Waals surface area contributed by atoms with E-state index in [1.165, 1.54) is 0 Å². The molecule has 0 spiro atoms. The van der Waals surface area contributed by atoms with Crippen molar-refractivity contribution in [1.82, 2.24) is 0 Å². The van der Waals surface area contributed by atoms with Crippen LogP contribution in [0.3, 0.4) is 0 Å². The molecule has 1 atom stereocenters. The lowest BCUT2D eigenvalue weighted by Crippen LogP contribution is -2.59. The number of hydrogen-bond acceptors (Lipinski definition) is 2. The van der Waals surface area contributed by atoms with Crippen LogP contribution in [0.2, 0.25) is 0 Å². The highest BCUT2D eigenvalue weighted by Crippen LogP contribution is 2.36. The molecular weight excluding hydrogens is 219 g/mol. The standard InChI is InChI=1S/C11H18F3NO/c1-7-3-5-8(6-4-7)9(16)10(2,15)11(12,13)14/h7-8H,3-6,15H2,1-2H3. The minimum atomic E-state index is -4.66. The number of ketones is 1. The molecule has 5 heteroatoms. The minimum absolute atomic E-state index is 0.499. The Bertz CT molecular complexity index is 265. The Kier molecular flexibility index (Phi) is 3.67. The molecule has 0 amide bonds. The molecule has 0 radical (unpaired) electrons. The second-order valence-corrected chi connectivity index (χ2v) is 5.02. The van der Waals surface area contributed by atoms with Gasteiger partial charge in [0.2, 0.25) is 0 Å². The van der Waals surface area contributed by atoms with Gasteiger partial charge in [0.15, 0.2) is 11.3 Å². The zero-order valence-corrected chi connectivity index (χ0v) is 9.60. The summed E-state index contributed by atoms with van der Waals surface area (Å²) in [6.07, 6.45) is -1.98. The molecule has 1 fully saturated rings. The van der Waals surface area contributed by atoms with Crippen LogP contribution in [-0.4, -0.2) is 17.5 Å². The fourth-order valence-electron chi connectivity index (χ4n) is 2.09. The van der Waals surface area contributed by atoms with E-state index in [4.69, 9.17) is 5.73 Å². The van der Waals surface area contributed by atoms with Crippen LogP contribution in [0, 0.1) is 11.8 Å². The third kappa shape index (κ3) is 2.56. The number of carbonyl (C=O) groups excluding carboxylic acids is 1. The molecule has 16 heavy (non-hydrogen) atoms. The molecule has 0 aromatic heterocycles. The summed E-state index contributed by atoms with van der Waals surface area (Å²) in [5, 5.41) is 0. The summed E-state index contributed by atoms with van der Waals surface area (Å²) < 4.78 is 37.7. The fraction of sp³-hybridized carbons (Fsp3) is 0.909. The van der Waals surface area contributed by atoms with Gasteiger partial charge in [-0.2, -0.15) is 13.2 Å². The van der Waals surface area contributed by atoms with Gasteiger partial charge in [-0.1, -0.05) is 19.8 Å². The molecule has 1 unspecified atom stereocenters. The predicted octanol–water partition coefficient (Wildman–Crippen LogP) is 2.66. The van der Waals surface area contributed by atoms with Crippen LogP contribution in [0.15, 0.2) is 0 Å². The second kappa shape index (κ2) is 4.35. The van der Waals surface area contributed by atoms with Gasteiger partial charge in [-0.25, -0.2) is 0 Å². The highest BCUT2D eigenvalue weighted by molar-refractivity contribution is 5.90. The van der Waals surface area contributed by atoms with Gasteiger partial charge in [-0.05, 0) is 25.7 Å². The zero-order valence-electron chi connectivity index (χ0n) is 9.60. The monoisotopic (exact) mass is 237 g/mol. The number of carbonyl (C=O) groups is 1. The number of nitrogens with two attached hydrogens (primary N) is 1. The van der Waals surface area contributed by atoms with Crippen molar-refractivity contribution in [2.24, 2.45) is 17.6 Å². The lowest BCUT2D eigenvalue weighted by atomic mass is 9.76. The molecule has 1 aliphatic carbocycles. The van der Waals surface area contributed by atoms with Gasteiger partial charge in [0.25, 0.3) is 0 Å². The maximum atomic E-state index is 12.6. The Hall–Kier alpha value is -0.580.